The smallest absolute Gasteiger partial charge is 0.0811 e. The molecule has 7 heavy (non-hydrogen) atoms. The average molecular weight is 98.2 g/mol. The molecule has 0 aliphatic rings. The lowest BCUT2D eigenvalue weighted by atomic mass is 10.3. The van der Waals surface area contributed by atoms with E-state index in [2.05, 4.69) is 24.8 Å². The molecule has 0 rings (SSSR count). The molecule has 0 radical (unpaired) electrons. The molecule has 0 aromatic carbocycles. The van der Waals surface area contributed by atoms with Crippen LogP contribution in [0.1, 0.15) is 27.2 Å². The zero-order valence-corrected chi connectivity index (χ0v) is 5.23. The molecule has 1 atom stereocenters. The third kappa shape index (κ3) is 3.32. The molecule has 1 heteroatoms. The summed E-state index contributed by atoms with van der Waals surface area (Å²) in [6.07, 6.45) is 1.11. The maximum Gasteiger partial charge on any atom is 0.269 e. The number of hydrogen-bond donors (Lipinski definition) is 0. The fourth-order valence-electron chi connectivity index (χ4n) is 0.312. The SMILES string of the molecule is CC#[N+]C(C)CC. The van der Waals surface area contributed by atoms with Gasteiger partial charge in [0.1, 0.15) is 0 Å². The van der Waals surface area contributed by atoms with Gasteiger partial charge < -0.3 is 0 Å². The summed E-state index contributed by atoms with van der Waals surface area (Å²) < 4.78 is 0. The van der Waals surface area contributed by atoms with Crippen LogP contribution >= 0.6 is 0 Å². The fourth-order valence-corrected chi connectivity index (χ4v) is 0.312. The molecule has 0 aromatic rings. The maximum atomic E-state index is 3.99. The molecule has 0 amide bonds. The van der Waals surface area contributed by atoms with Crippen LogP contribution in [0.15, 0.2) is 0 Å². The molecule has 1 unspecified atom stereocenters. The van der Waals surface area contributed by atoms with Crippen LogP contribution < -0.4 is 0 Å². The Morgan fingerprint density at radius 3 is 2.43 bits per heavy atom. The first-order valence-corrected chi connectivity index (χ1v) is 2.67. The van der Waals surface area contributed by atoms with Gasteiger partial charge in [-0.2, -0.15) is 0 Å². The second-order valence-electron chi connectivity index (χ2n) is 1.61. The standard InChI is InChI=1S/C6H12N/c1-4-6(3)7-5-2/h6H,4H2,1-3H3/q+1. The van der Waals surface area contributed by atoms with E-state index in [1.54, 1.807) is 0 Å². The van der Waals surface area contributed by atoms with Gasteiger partial charge in [-0.25, -0.2) is 0 Å². The number of hydrogen-bond acceptors (Lipinski definition) is 0. The Morgan fingerprint density at radius 1 is 1.71 bits per heavy atom. The van der Waals surface area contributed by atoms with Crippen LogP contribution in [0.2, 0.25) is 0 Å². The lowest BCUT2D eigenvalue weighted by Gasteiger charge is -1.78. The second-order valence-corrected chi connectivity index (χ2v) is 1.61. The first kappa shape index (κ1) is 6.49. The molecule has 40 valence electrons. The molecule has 0 heterocycles. The molecular weight excluding hydrogens is 86.1 g/mol. The van der Waals surface area contributed by atoms with Crippen molar-refractivity contribution in [3.63, 3.8) is 0 Å². The molecule has 0 saturated heterocycles. The minimum Gasteiger partial charge on any atom is -0.0811 e. The van der Waals surface area contributed by atoms with E-state index in [4.69, 9.17) is 0 Å². The van der Waals surface area contributed by atoms with Gasteiger partial charge in [0, 0.05) is 13.3 Å². The predicted octanol–water partition coefficient (Wildman–Crippen LogP) is 2.14. The van der Waals surface area contributed by atoms with Crippen molar-refractivity contribution in [3.8, 4) is 6.07 Å². The molecule has 0 saturated carbocycles. The summed E-state index contributed by atoms with van der Waals surface area (Å²) in [5.74, 6) is 0. The van der Waals surface area contributed by atoms with Gasteiger partial charge in [-0.05, 0) is 0 Å². The minimum absolute atomic E-state index is 0.463. The highest BCUT2D eigenvalue weighted by Gasteiger charge is 2.00. The lowest BCUT2D eigenvalue weighted by Crippen LogP contribution is -1.87. The molecule has 0 bridgehead atoms. The van der Waals surface area contributed by atoms with Gasteiger partial charge in [0.2, 0.25) is 0 Å². The topological polar surface area (TPSA) is 4.36 Å². The second kappa shape index (κ2) is 3.67. The van der Waals surface area contributed by atoms with Crippen LogP contribution in [0.5, 0.6) is 0 Å². The van der Waals surface area contributed by atoms with E-state index >= 15 is 0 Å². The Kier molecular flexibility index (Phi) is 3.40. The summed E-state index contributed by atoms with van der Waals surface area (Å²) in [5.41, 5.74) is 0. The predicted molar refractivity (Wildman–Crippen MR) is 32.7 cm³/mol. The molecule has 0 fully saturated rings. The third-order valence-electron chi connectivity index (χ3n) is 0.940. The van der Waals surface area contributed by atoms with Gasteiger partial charge in [-0.3, -0.25) is 0 Å². The van der Waals surface area contributed by atoms with Crippen molar-refractivity contribution in [2.75, 3.05) is 0 Å². The third-order valence-corrected chi connectivity index (χ3v) is 0.940. The van der Waals surface area contributed by atoms with Crippen LogP contribution in [0.25, 0.3) is 4.85 Å². The first-order valence-electron chi connectivity index (χ1n) is 2.67. The maximum absolute atomic E-state index is 3.99. The zero-order chi connectivity index (χ0) is 5.70. The van der Waals surface area contributed by atoms with Crippen molar-refractivity contribution in [2.24, 2.45) is 0 Å². The highest BCUT2D eigenvalue weighted by Crippen LogP contribution is 1.92. The van der Waals surface area contributed by atoms with E-state index in [9.17, 15) is 0 Å². The van der Waals surface area contributed by atoms with Crippen LogP contribution in [0, 0.1) is 6.07 Å². The van der Waals surface area contributed by atoms with E-state index in [1.165, 1.54) is 0 Å². The van der Waals surface area contributed by atoms with Crippen LogP contribution in [0.3, 0.4) is 0 Å². The average Bonchev–Trinajstić information content (AvgIpc) is 1.68. The van der Waals surface area contributed by atoms with E-state index in [-0.39, 0.29) is 0 Å². The Morgan fingerprint density at radius 2 is 2.29 bits per heavy atom. The van der Waals surface area contributed by atoms with Crippen LogP contribution in [-0.2, 0) is 0 Å². The molecule has 0 aliphatic carbocycles. The van der Waals surface area contributed by atoms with Gasteiger partial charge in [0.25, 0.3) is 12.1 Å². The van der Waals surface area contributed by atoms with E-state index in [0.29, 0.717) is 6.04 Å². The van der Waals surface area contributed by atoms with Gasteiger partial charge in [-0.1, -0.05) is 11.8 Å². The number of nitrogens with zero attached hydrogens (tertiary/aromatic N) is 1. The van der Waals surface area contributed by atoms with Crippen LogP contribution in [-0.4, -0.2) is 6.04 Å². The van der Waals surface area contributed by atoms with E-state index in [0.717, 1.165) is 6.42 Å². The van der Waals surface area contributed by atoms with Crippen molar-refractivity contribution >= 4 is 0 Å². The zero-order valence-electron chi connectivity index (χ0n) is 5.23. The summed E-state index contributed by atoms with van der Waals surface area (Å²) in [6, 6.07) is 3.21. The summed E-state index contributed by atoms with van der Waals surface area (Å²) in [5, 5.41) is 0. The minimum atomic E-state index is 0.463. The molecule has 0 aromatic heterocycles. The van der Waals surface area contributed by atoms with E-state index < -0.39 is 0 Å². The van der Waals surface area contributed by atoms with Gasteiger partial charge >= 0.3 is 0 Å². The van der Waals surface area contributed by atoms with Crippen LogP contribution in [0.4, 0.5) is 0 Å². The Balaban J connectivity index is 3.29. The van der Waals surface area contributed by atoms with Crippen molar-refractivity contribution < 1.29 is 0 Å². The molecule has 1 nitrogen and oxygen atoms in total. The van der Waals surface area contributed by atoms with Gasteiger partial charge in [0.05, 0.1) is 6.92 Å². The summed E-state index contributed by atoms with van der Waals surface area (Å²) in [6.45, 7) is 6.02. The monoisotopic (exact) mass is 98.1 g/mol. The molecular formula is C6H12N+. The molecule has 0 N–H and O–H groups in total. The lowest BCUT2D eigenvalue weighted by molar-refractivity contribution is 0.814. The van der Waals surface area contributed by atoms with Crippen molar-refractivity contribution in [2.45, 2.75) is 33.2 Å². The Labute approximate surface area is 45.2 Å². The van der Waals surface area contributed by atoms with E-state index in [1.807, 2.05) is 6.92 Å². The number of rotatable bonds is 1. The normalized spacial score (nSPS) is 11.9. The Bertz CT molecular complexity index is 86.1. The summed E-state index contributed by atoms with van der Waals surface area (Å²) >= 11 is 0. The van der Waals surface area contributed by atoms with Gasteiger partial charge in [-0.15, -0.1) is 0 Å². The quantitative estimate of drug-likeness (QED) is 0.473. The van der Waals surface area contributed by atoms with Crippen molar-refractivity contribution in [3.05, 3.63) is 4.85 Å². The first-order chi connectivity index (χ1) is 3.31. The van der Waals surface area contributed by atoms with Crippen molar-refractivity contribution in [1.29, 1.82) is 0 Å². The fraction of sp³-hybridized carbons (Fsp3) is 0.833. The summed E-state index contributed by atoms with van der Waals surface area (Å²) in [7, 11) is 0. The van der Waals surface area contributed by atoms with Gasteiger partial charge in [0.15, 0.2) is 0 Å². The summed E-state index contributed by atoms with van der Waals surface area (Å²) in [4.78, 5) is 3.99. The van der Waals surface area contributed by atoms with Crippen molar-refractivity contribution in [1.82, 2.24) is 0 Å². The molecule has 0 spiro atoms. The highest BCUT2D eigenvalue weighted by atomic mass is 14.7. The highest BCUT2D eigenvalue weighted by molar-refractivity contribution is 4.85. The largest absolute Gasteiger partial charge is 0.269 e. The Hall–Kier alpha value is -0.510. The molecule has 0 aliphatic heterocycles.